The van der Waals surface area contributed by atoms with Crippen molar-refractivity contribution in [2.24, 2.45) is 0 Å². The maximum absolute atomic E-state index is 9.24. The fourth-order valence-corrected chi connectivity index (χ4v) is 1.80. The molecule has 3 N–H and O–H groups in total. The Labute approximate surface area is 100.0 Å². The Hall–Kier alpha value is -1.14. The summed E-state index contributed by atoms with van der Waals surface area (Å²) in [5.74, 6) is 0.780. The van der Waals surface area contributed by atoms with Crippen LogP contribution in [-0.2, 0) is 4.74 Å². The number of hydrogen-bond acceptors (Lipinski definition) is 5. The van der Waals surface area contributed by atoms with Crippen molar-refractivity contribution in [3.05, 3.63) is 29.8 Å². The van der Waals surface area contributed by atoms with E-state index < -0.39 is 5.54 Å². The Morgan fingerprint density at radius 1 is 1.35 bits per heavy atom. The van der Waals surface area contributed by atoms with E-state index >= 15 is 0 Å². The van der Waals surface area contributed by atoms with Crippen molar-refractivity contribution in [1.29, 1.82) is 0 Å². The fraction of sp³-hybridized carbons (Fsp3) is 0.500. The fourth-order valence-electron chi connectivity index (χ4n) is 1.80. The highest BCUT2D eigenvalue weighted by Gasteiger charge is 2.39. The van der Waals surface area contributed by atoms with Crippen LogP contribution >= 0.6 is 0 Å². The van der Waals surface area contributed by atoms with Crippen LogP contribution in [-0.4, -0.2) is 42.7 Å². The van der Waals surface area contributed by atoms with Gasteiger partial charge in [0.25, 0.3) is 0 Å². The van der Waals surface area contributed by atoms with Crippen molar-refractivity contribution in [2.45, 2.75) is 11.8 Å². The van der Waals surface area contributed by atoms with Crippen LogP contribution in [0.2, 0.25) is 0 Å². The third-order valence-electron chi connectivity index (χ3n) is 2.99. The molecule has 94 valence electrons. The summed E-state index contributed by atoms with van der Waals surface area (Å²) in [6, 6.07) is 7.47. The average molecular weight is 239 g/mol. The molecule has 2 rings (SSSR count). The topological polar surface area (TPSA) is 71.0 Å². The number of hydrogen-bond donors (Lipinski definition) is 3. The lowest BCUT2D eigenvalue weighted by atomic mass is 10.0. The molecule has 1 atom stereocenters. The molecule has 1 aliphatic rings. The van der Waals surface area contributed by atoms with Crippen LogP contribution in [0.25, 0.3) is 0 Å². The lowest BCUT2D eigenvalue weighted by Crippen LogP contribution is -2.49. The summed E-state index contributed by atoms with van der Waals surface area (Å²) in [7, 11) is 1.61. The summed E-state index contributed by atoms with van der Waals surface area (Å²) in [5, 5.41) is 21.6. The molecule has 1 aliphatic heterocycles. The number of rotatable bonds is 4. The number of aliphatic hydroxyl groups excluding tert-OH is 2. The van der Waals surface area contributed by atoms with E-state index in [9.17, 15) is 10.2 Å². The summed E-state index contributed by atoms with van der Waals surface area (Å²) in [5.41, 5.74) is 0.194. The Kier molecular flexibility index (Phi) is 3.63. The number of nitrogens with one attached hydrogen (secondary N) is 1. The maximum atomic E-state index is 9.24. The van der Waals surface area contributed by atoms with E-state index in [4.69, 9.17) is 9.47 Å². The summed E-state index contributed by atoms with van der Waals surface area (Å²) in [6.07, 6.45) is -0.305. The van der Waals surface area contributed by atoms with Crippen LogP contribution in [0.5, 0.6) is 5.75 Å². The molecule has 0 aromatic heterocycles. The van der Waals surface area contributed by atoms with Gasteiger partial charge in [0.05, 0.1) is 32.5 Å². The van der Waals surface area contributed by atoms with Gasteiger partial charge in [-0.25, -0.2) is 0 Å². The van der Waals surface area contributed by atoms with Crippen molar-refractivity contribution in [2.75, 3.05) is 26.9 Å². The normalized spacial score (nSPS) is 22.6. The first-order chi connectivity index (χ1) is 8.23. The molecule has 0 amide bonds. The molecule has 1 heterocycles. The monoisotopic (exact) mass is 239 g/mol. The Balaban J connectivity index is 2.09. The molecule has 5 heteroatoms. The third-order valence-corrected chi connectivity index (χ3v) is 2.99. The predicted octanol–water partition coefficient (Wildman–Crippen LogP) is 0.0370. The van der Waals surface area contributed by atoms with Gasteiger partial charge in [0.15, 0.2) is 0 Å². The molecule has 0 aliphatic carbocycles. The summed E-state index contributed by atoms with van der Waals surface area (Å²) >= 11 is 0. The first-order valence-electron chi connectivity index (χ1n) is 5.48. The van der Waals surface area contributed by atoms with Gasteiger partial charge in [0.1, 0.15) is 12.0 Å². The quantitative estimate of drug-likeness (QED) is 0.692. The minimum Gasteiger partial charge on any atom is -0.497 e. The van der Waals surface area contributed by atoms with E-state index in [1.165, 1.54) is 0 Å². The first kappa shape index (κ1) is 12.3. The SMILES string of the molecule is COc1ccc([C@H]2NC(CO)(CO)CO2)cc1. The van der Waals surface area contributed by atoms with Crippen molar-refractivity contribution in [3.63, 3.8) is 0 Å². The van der Waals surface area contributed by atoms with E-state index in [1.54, 1.807) is 7.11 Å². The zero-order valence-corrected chi connectivity index (χ0v) is 9.72. The van der Waals surface area contributed by atoms with Crippen molar-refractivity contribution < 1.29 is 19.7 Å². The molecule has 1 aromatic carbocycles. The molecule has 5 nitrogen and oxygen atoms in total. The number of aliphatic hydroxyl groups is 2. The molecule has 0 unspecified atom stereocenters. The Morgan fingerprint density at radius 3 is 2.47 bits per heavy atom. The van der Waals surface area contributed by atoms with Crippen LogP contribution in [0.4, 0.5) is 0 Å². The van der Waals surface area contributed by atoms with Gasteiger partial charge in [-0.15, -0.1) is 0 Å². The van der Waals surface area contributed by atoms with Gasteiger partial charge in [-0.1, -0.05) is 12.1 Å². The zero-order valence-electron chi connectivity index (χ0n) is 9.72. The van der Waals surface area contributed by atoms with Crippen molar-refractivity contribution in [3.8, 4) is 5.75 Å². The van der Waals surface area contributed by atoms with E-state index in [-0.39, 0.29) is 26.0 Å². The molecule has 0 radical (unpaired) electrons. The number of benzene rings is 1. The third kappa shape index (κ3) is 2.42. The summed E-state index contributed by atoms with van der Waals surface area (Å²) in [4.78, 5) is 0. The van der Waals surface area contributed by atoms with Gasteiger partial charge >= 0.3 is 0 Å². The van der Waals surface area contributed by atoms with Gasteiger partial charge in [0.2, 0.25) is 0 Å². The van der Waals surface area contributed by atoms with Crippen LogP contribution in [0.1, 0.15) is 11.8 Å². The Bertz CT molecular complexity index is 361. The highest BCUT2D eigenvalue weighted by atomic mass is 16.5. The molecular formula is C12H17NO4. The maximum Gasteiger partial charge on any atom is 0.135 e. The summed E-state index contributed by atoms with van der Waals surface area (Å²) in [6.45, 7) is -0.0248. The van der Waals surface area contributed by atoms with E-state index in [2.05, 4.69) is 5.32 Å². The molecule has 0 bridgehead atoms. The van der Waals surface area contributed by atoms with E-state index in [1.807, 2.05) is 24.3 Å². The molecule has 1 fully saturated rings. The lowest BCUT2D eigenvalue weighted by Gasteiger charge is -2.23. The lowest BCUT2D eigenvalue weighted by molar-refractivity contribution is 0.0760. The van der Waals surface area contributed by atoms with Gasteiger partial charge in [-0.3, -0.25) is 5.32 Å². The van der Waals surface area contributed by atoms with Gasteiger partial charge in [-0.05, 0) is 17.7 Å². The van der Waals surface area contributed by atoms with E-state index in [0.717, 1.165) is 11.3 Å². The van der Waals surface area contributed by atoms with Crippen LogP contribution in [0.3, 0.4) is 0 Å². The van der Waals surface area contributed by atoms with Gasteiger partial charge in [-0.2, -0.15) is 0 Å². The molecule has 1 aromatic rings. The largest absolute Gasteiger partial charge is 0.497 e. The smallest absolute Gasteiger partial charge is 0.135 e. The zero-order chi connectivity index (χ0) is 12.3. The van der Waals surface area contributed by atoms with Gasteiger partial charge < -0.3 is 19.7 Å². The first-order valence-corrected chi connectivity index (χ1v) is 5.48. The average Bonchev–Trinajstić information content (AvgIpc) is 2.84. The molecule has 0 saturated carbocycles. The predicted molar refractivity (Wildman–Crippen MR) is 61.7 cm³/mol. The second-order valence-electron chi connectivity index (χ2n) is 4.21. The highest BCUT2D eigenvalue weighted by molar-refractivity contribution is 5.29. The van der Waals surface area contributed by atoms with Gasteiger partial charge in [0, 0.05) is 0 Å². The minimum absolute atomic E-state index is 0.157. The second kappa shape index (κ2) is 5.01. The van der Waals surface area contributed by atoms with Crippen LogP contribution < -0.4 is 10.1 Å². The Morgan fingerprint density at radius 2 is 2.00 bits per heavy atom. The van der Waals surface area contributed by atoms with Crippen LogP contribution in [0, 0.1) is 0 Å². The highest BCUT2D eigenvalue weighted by Crippen LogP contribution is 2.27. The molecular weight excluding hydrogens is 222 g/mol. The number of methoxy groups -OCH3 is 1. The number of ether oxygens (including phenoxy) is 2. The van der Waals surface area contributed by atoms with Crippen molar-refractivity contribution >= 4 is 0 Å². The minimum atomic E-state index is -0.745. The summed E-state index contributed by atoms with van der Waals surface area (Å²) < 4.78 is 10.6. The molecule has 1 saturated heterocycles. The molecule has 17 heavy (non-hydrogen) atoms. The van der Waals surface area contributed by atoms with Crippen LogP contribution in [0.15, 0.2) is 24.3 Å². The van der Waals surface area contributed by atoms with Crippen molar-refractivity contribution in [1.82, 2.24) is 5.32 Å². The molecule has 0 spiro atoms. The standard InChI is InChI=1S/C12H17NO4/c1-16-10-4-2-9(3-5-10)11-13-12(6-14,7-15)8-17-11/h2-5,11,13-15H,6-8H2,1H3/t11-/m0/s1. The second-order valence-corrected chi connectivity index (χ2v) is 4.21. The van der Waals surface area contributed by atoms with E-state index in [0.29, 0.717) is 0 Å².